The summed E-state index contributed by atoms with van der Waals surface area (Å²) in [5.41, 5.74) is 14.7. The second-order valence-electron chi connectivity index (χ2n) is 20.7. The molecule has 2 aliphatic heterocycles. The largest absolute Gasteiger partial charge is 0.293 e. The Kier molecular flexibility index (Phi) is 8.43. The van der Waals surface area contributed by atoms with Crippen molar-refractivity contribution in [3.05, 3.63) is 243 Å². The molecule has 10 aromatic carbocycles. The molecule has 0 fully saturated rings. The Morgan fingerprint density at radius 1 is 0.273 bits per heavy atom. The van der Waals surface area contributed by atoms with Gasteiger partial charge in [0.2, 0.25) is 0 Å². The molecular formula is C70H40N4S2Si. The summed E-state index contributed by atoms with van der Waals surface area (Å²) in [6, 6.07) is 87.5. The molecule has 0 atom stereocenters. The number of benzene rings is 10. The van der Waals surface area contributed by atoms with Gasteiger partial charge in [-0.05, 0) is 126 Å². The van der Waals surface area contributed by atoms with Gasteiger partial charge < -0.3 is 0 Å². The Labute approximate surface area is 450 Å². The van der Waals surface area contributed by atoms with E-state index in [0.29, 0.717) is 0 Å². The van der Waals surface area contributed by atoms with Crippen molar-refractivity contribution in [2.45, 2.75) is 0 Å². The zero-order valence-electron chi connectivity index (χ0n) is 41.2. The molecule has 0 aliphatic carbocycles. The molecule has 7 heteroatoms. The molecule has 16 aromatic rings. The predicted octanol–water partition coefficient (Wildman–Crippen LogP) is 16.1. The van der Waals surface area contributed by atoms with Gasteiger partial charge in [0.25, 0.3) is 0 Å². The fourth-order valence-electron chi connectivity index (χ4n) is 14.0. The van der Waals surface area contributed by atoms with Crippen LogP contribution in [0.15, 0.2) is 243 Å². The SMILES string of the molecule is c1ccc2c(c1)-c1cc3c4ccccc4n(-c4nccc5c4sc4ccccc45)c3cc1-c1ccccc1[Si]21c2ccccc2-c2cc3c4ccccc4n(-c4nccc5c4sc4ccccc45)c3cc2-c2ccccc21. The van der Waals surface area contributed by atoms with Gasteiger partial charge in [-0.15, -0.1) is 22.7 Å². The number of pyridine rings is 2. The molecule has 0 radical (unpaired) electrons. The maximum Gasteiger partial charge on any atom is 0.182 e. The third-order valence-electron chi connectivity index (χ3n) is 17.1. The zero-order chi connectivity index (χ0) is 50.1. The van der Waals surface area contributed by atoms with Gasteiger partial charge in [-0.2, -0.15) is 0 Å². The standard InChI is InChI=1S/C70H40N4S2Si/c1-9-25-57-41(17-1)55-37-51-45-21-5-13-29-63(45)77(65-31-15-7-23-47(65)53(51)39-59(55)73(57)69-67-49(33-35-71-69)43-19-3-11-27-61(43)75-67)64-30-14-6-22-46(64)52-38-56-42-18-2-10-26-58(42)74(60(56)40-54(52)48-24-8-16-32-66(48)77)70-68-50(34-36-72-70)44-20-4-12-28-62(44)76-68/h1-40H. The van der Waals surface area contributed by atoms with Crippen molar-refractivity contribution in [1.29, 1.82) is 0 Å². The molecule has 18 rings (SSSR count). The summed E-state index contributed by atoms with van der Waals surface area (Å²) in [5.74, 6) is 1.94. The smallest absolute Gasteiger partial charge is 0.182 e. The van der Waals surface area contributed by atoms with Crippen molar-refractivity contribution in [2.24, 2.45) is 0 Å². The van der Waals surface area contributed by atoms with Crippen LogP contribution >= 0.6 is 22.7 Å². The molecule has 0 N–H and O–H groups in total. The summed E-state index contributed by atoms with van der Waals surface area (Å²) in [5, 5.41) is 15.5. The zero-order valence-corrected chi connectivity index (χ0v) is 43.8. The van der Waals surface area contributed by atoms with Gasteiger partial charge in [-0.3, -0.25) is 9.13 Å². The maximum absolute atomic E-state index is 5.26. The summed E-state index contributed by atoms with van der Waals surface area (Å²) >= 11 is 3.67. The summed E-state index contributed by atoms with van der Waals surface area (Å²) in [4.78, 5) is 10.5. The molecule has 6 aromatic heterocycles. The van der Waals surface area contributed by atoms with Crippen LogP contribution in [-0.4, -0.2) is 27.2 Å². The second-order valence-corrected chi connectivity index (χ2v) is 26.4. The minimum Gasteiger partial charge on any atom is -0.293 e. The molecule has 77 heavy (non-hydrogen) atoms. The second kappa shape index (κ2) is 15.4. The van der Waals surface area contributed by atoms with E-state index >= 15 is 0 Å². The van der Waals surface area contributed by atoms with E-state index in [4.69, 9.17) is 9.97 Å². The lowest BCUT2D eigenvalue weighted by molar-refractivity contribution is 1.11. The fraction of sp³-hybridized carbons (Fsp3) is 0. The van der Waals surface area contributed by atoms with Crippen LogP contribution in [0, 0.1) is 0 Å². The van der Waals surface area contributed by atoms with E-state index in [1.165, 1.54) is 127 Å². The highest BCUT2D eigenvalue weighted by molar-refractivity contribution is 7.26. The van der Waals surface area contributed by atoms with Gasteiger partial charge in [0.15, 0.2) is 19.7 Å². The Hall–Kier alpha value is -9.24. The molecule has 8 heterocycles. The Morgan fingerprint density at radius 2 is 0.610 bits per heavy atom. The highest BCUT2D eigenvalue weighted by Gasteiger charge is 2.50. The maximum atomic E-state index is 5.26. The summed E-state index contributed by atoms with van der Waals surface area (Å²) in [6.45, 7) is 0. The predicted molar refractivity (Wildman–Crippen MR) is 329 cm³/mol. The molecular weight excluding hydrogens is 989 g/mol. The molecule has 0 unspecified atom stereocenters. The number of rotatable bonds is 2. The van der Waals surface area contributed by atoms with Crippen LogP contribution in [0.2, 0.25) is 0 Å². The van der Waals surface area contributed by atoms with Crippen molar-refractivity contribution in [1.82, 2.24) is 19.1 Å². The summed E-state index contributed by atoms with van der Waals surface area (Å²) in [7, 11) is -3.27. The van der Waals surface area contributed by atoms with E-state index < -0.39 is 8.07 Å². The van der Waals surface area contributed by atoms with E-state index in [9.17, 15) is 0 Å². The number of aromatic nitrogens is 4. The van der Waals surface area contributed by atoms with E-state index in [-0.39, 0.29) is 0 Å². The van der Waals surface area contributed by atoms with Crippen molar-refractivity contribution in [3.8, 4) is 56.1 Å². The molecule has 0 amide bonds. The third-order valence-corrected chi connectivity index (χ3v) is 24.4. The number of hydrogen-bond donors (Lipinski definition) is 0. The number of para-hydroxylation sites is 2. The normalized spacial score (nSPS) is 13.3. The lowest BCUT2D eigenvalue weighted by atomic mass is 9.92. The van der Waals surface area contributed by atoms with Gasteiger partial charge in [-0.25, -0.2) is 9.97 Å². The van der Waals surface area contributed by atoms with Gasteiger partial charge >= 0.3 is 0 Å². The number of thiophene rings is 2. The Balaban J connectivity index is 0.949. The highest BCUT2D eigenvalue weighted by atomic mass is 32.1. The lowest BCUT2D eigenvalue weighted by Gasteiger charge is -2.37. The Bertz CT molecular complexity index is 4940. The first-order valence-electron chi connectivity index (χ1n) is 26.3. The van der Waals surface area contributed by atoms with Crippen molar-refractivity contribution in [3.63, 3.8) is 0 Å². The van der Waals surface area contributed by atoms with E-state index in [1.807, 2.05) is 35.1 Å². The molecule has 1 spiro atoms. The van der Waals surface area contributed by atoms with Crippen molar-refractivity contribution < 1.29 is 0 Å². The van der Waals surface area contributed by atoms with E-state index in [2.05, 4.69) is 240 Å². The third kappa shape index (κ3) is 5.44. The van der Waals surface area contributed by atoms with Crippen molar-refractivity contribution in [2.75, 3.05) is 0 Å². The quantitative estimate of drug-likeness (QED) is 0.162. The van der Waals surface area contributed by atoms with E-state index in [0.717, 1.165) is 33.7 Å². The van der Waals surface area contributed by atoms with Crippen LogP contribution in [0.1, 0.15) is 0 Å². The summed E-state index contributed by atoms with van der Waals surface area (Å²) in [6.07, 6.45) is 3.99. The number of nitrogens with zero attached hydrogens (tertiary/aromatic N) is 4. The average molecular weight is 1030 g/mol. The number of fused-ring (bicyclic) bond motifs is 26. The molecule has 0 saturated carbocycles. The molecule has 4 nitrogen and oxygen atoms in total. The first-order valence-corrected chi connectivity index (χ1v) is 29.9. The molecule has 0 saturated heterocycles. The minimum atomic E-state index is -3.27. The highest BCUT2D eigenvalue weighted by Crippen LogP contribution is 2.48. The molecule has 356 valence electrons. The van der Waals surface area contributed by atoms with Gasteiger partial charge in [-0.1, -0.05) is 170 Å². The van der Waals surface area contributed by atoms with Gasteiger partial charge in [0.1, 0.15) is 0 Å². The van der Waals surface area contributed by atoms with Gasteiger partial charge in [0.05, 0.1) is 31.5 Å². The molecule has 2 aliphatic rings. The summed E-state index contributed by atoms with van der Waals surface area (Å²) < 4.78 is 9.82. The molecule has 0 bridgehead atoms. The van der Waals surface area contributed by atoms with Crippen LogP contribution in [0.25, 0.3) is 140 Å². The van der Waals surface area contributed by atoms with Crippen LogP contribution in [0.4, 0.5) is 0 Å². The first-order chi connectivity index (χ1) is 38.2. The first kappa shape index (κ1) is 42.0. The van der Waals surface area contributed by atoms with E-state index in [1.54, 1.807) is 0 Å². The van der Waals surface area contributed by atoms with Crippen LogP contribution in [-0.2, 0) is 0 Å². The van der Waals surface area contributed by atoms with Crippen LogP contribution in [0.5, 0.6) is 0 Å². The average Bonchev–Trinajstić information content (AvgIpc) is 4.25. The monoisotopic (exact) mass is 1030 g/mol. The number of hydrogen-bond acceptors (Lipinski definition) is 4. The lowest BCUT2D eigenvalue weighted by Crippen LogP contribution is -2.75. The Morgan fingerprint density at radius 3 is 1.03 bits per heavy atom. The minimum absolute atomic E-state index is 0.969. The van der Waals surface area contributed by atoms with Crippen molar-refractivity contribution >= 4 is 135 Å². The van der Waals surface area contributed by atoms with Crippen LogP contribution < -0.4 is 20.7 Å². The van der Waals surface area contributed by atoms with Crippen LogP contribution in [0.3, 0.4) is 0 Å². The topological polar surface area (TPSA) is 35.6 Å². The fourth-order valence-corrected chi connectivity index (χ4v) is 22.0. The van der Waals surface area contributed by atoms with Gasteiger partial charge in [0, 0.05) is 64.9 Å².